The molecule has 6 nitrogen and oxygen atoms in total. The van der Waals surface area contributed by atoms with Gasteiger partial charge in [0.25, 0.3) is 0 Å². The molecule has 2 rings (SSSR count). The normalized spacial score (nSPS) is 32.3. The average Bonchev–Trinajstić information content (AvgIpc) is 2.80. The third-order valence-electron chi connectivity index (χ3n) is 4.39. The number of carbonyl (C=O) groups excluding carboxylic acids is 1. The Morgan fingerprint density at radius 3 is 2.63 bits per heavy atom. The van der Waals surface area contributed by atoms with Crippen LogP contribution in [0.25, 0.3) is 0 Å². The molecule has 1 aliphatic heterocycles. The topological polar surface area (TPSA) is 72.9 Å². The van der Waals surface area contributed by atoms with E-state index in [1.54, 1.807) is 4.90 Å². The Bertz CT molecular complexity index is 361. The molecule has 19 heavy (non-hydrogen) atoms. The van der Waals surface area contributed by atoms with E-state index in [4.69, 9.17) is 5.11 Å². The second-order valence-corrected chi connectivity index (χ2v) is 5.71. The maximum Gasteiger partial charge on any atom is 0.317 e. The van der Waals surface area contributed by atoms with Crippen LogP contribution in [0, 0.1) is 5.92 Å². The molecule has 1 saturated carbocycles. The minimum absolute atomic E-state index is 0.113. The number of aliphatic carboxylic acids is 1. The minimum Gasteiger partial charge on any atom is -0.481 e. The maximum atomic E-state index is 12.2. The zero-order valence-electron chi connectivity index (χ0n) is 11.6. The molecule has 3 atom stereocenters. The van der Waals surface area contributed by atoms with Crippen LogP contribution in [0.1, 0.15) is 26.2 Å². The summed E-state index contributed by atoms with van der Waals surface area (Å²) in [5, 5.41) is 12.0. The van der Waals surface area contributed by atoms with Gasteiger partial charge in [-0.2, -0.15) is 0 Å². The fraction of sp³-hybridized carbons (Fsp3) is 0.846. The Morgan fingerprint density at radius 2 is 2.00 bits per heavy atom. The number of carboxylic acids is 1. The molecular formula is C13H23N3O3. The highest BCUT2D eigenvalue weighted by Crippen LogP contribution is 2.26. The van der Waals surface area contributed by atoms with Crippen LogP contribution in [0.2, 0.25) is 0 Å². The van der Waals surface area contributed by atoms with Gasteiger partial charge >= 0.3 is 12.0 Å². The molecule has 2 fully saturated rings. The highest BCUT2D eigenvalue weighted by molar-refractivity contribution is 5.77. The van der Waals surface area contributed by atoms with E-state index in [0.717, 1.165) is 19.4 Å². The summed E-state index contributed by atoms with van der Waals surface area (Å²) >= 11 is 0. The Labute approximate surface area is 113 Å². The van der Waals surface area contributed by atoms with Gasteiger partial charge in [-0.15, -0.1) is 0 Å². The van der Waals surface area contributed by atoms with E-state index in [-0.39, 0.29) is 12.1 Å². The zero-order valence-corrected chi connectivity index (χ0v) is 11.6. The molecule has 1 aliphatic carbocycles. The van der Waals surface area contributed by atoms with Crippen LogP contribution >= 0.6 is 0 Å². The third kappa shape index (κ3) is 3.18. The molecule has 0 aromatic carbocycles. The fourth-order valence-corrected chi connectivity index (χ4v) is 2.91. The number of urea groups is 1. The molecule has 0 aromatic heterocycles. The summed E-state index contributed by atoms with van der Waals surface area (Å²) in [6.07, 6.45) is 2.31. The van der Waals surface area contributed by atoms with Crippen molar-refractivity contribution in [3.8, 4) is 0 Å². The molecular weight excluding hydrogens is 246 g/mol. The first-order chi connectivity index (χ1) is 8.99. The second kappa shape index (κ2) is 5.77. The lowest BCUT2D eigenvalue weighted by atomic mass is 10.0. The maximum absolute atomic E-state index is 12.2. The lowest BCUT2D eigenvalue weighted by Crippen LogP contribution is -2.56. The van der Waals surface area contributed by atoms with Crippen LogP contribution in [0.15, 0.2) is 0 Å². The summed E-state index contributed by atoms with van der Waals surface area (Å²) in [6, 6.07) is 0.0245. The Hall–Kier alpha value is -1.30. The molecule has 6 heteroatoms. The smallest absolute Gasteiger partial charge is 0.317 e. The minimum atomic E-state index is -0.797. The number of nitrogens with one attached hydrogen (secondary N) is 1. The lowest BCUT2D eigenvalue weighted by molar-refractivity contribution is -0.142. The number of amides is 2. The van der Waals surface area contributed by atoms with Crippen LogP contribution < -0.4 is 5.32 Å². The number of rotatable bonds is 2. The van der Waals surface area contributed by atoms with Gasteiger partial charge in [0.05, 0.1) is 5.92 Å². The first-order valence-corrected chi connectivity index (χ1v) is 6.97. The van der Waals surface area contributed by atoms with Gasteiger partial charge in [0.15, 0.2) is 0 Å². The summed E-state index contributed by atoms with van der Waals surface area (Å²) < 4.78 is 0. The van der Waals surface area contributed by atoms with E-state index in [0.29, 0.717) is 25.6 Å². The van der Waals surface area contributed by atoms with Gasteiger partial charge in [0, 0.05) is 31.7 Å². The fourth-order valence-electron chi connectivity index (χ4n) is 2.91. The molecule has 0 bridgehead atoms. The number of piperazine rings is 1. The first kappa shape index (κ1) is 14.1. The Kier molecular flexibility index (Phi) is 4.29. The average molecular weight is 269 g/mol. The van der Waals surface area contributed by atoms with E-state index >= 15 is 0 Å². The molecule has 2 N–H and O–H groups in total. The van der Waals surface area contributed by atoms with Crippen molar-refractivity contribution in [1.29, 1.82) is 0 Å². The van der Waals surface area contributed by atoms with Crippen LogP contribution in [0.5, 0.6) is 0 Å². The Morgan fingerprint density at radius 1 is 1.26 bits per heavy atom. The molecule has 0 aromatic rings. The first-order valence-electron chi connectivity index (χ1n) is 6.97. The van der Waals surface area contributed by atoms with Crippen LogP contribution in [0.3, 0.4) is 0 Å². The quantitative estimate of drug-likeness (QED) is 0.769. The number of likely N-dealkylation sites (N-methyl/N-ethyl adjacent to an activating group) is 1. The van der Waals surface area contributed by atoms with Crippen molar-refractivity contribution in [1.82, 2.24) is 15.1 Å². The van der Waals surface area contributed by atoms with Crippen LogP contribution in [-0.2, 0) is 4.79 Å². The molecule has 3 unspecified atom stereocenters. The van der Waals surface area contributed by atoms with E-state index in [1.807, 2.05) is 0 Å². The lowest BCUT2D eigenvalue weighted by Gasteiger charge is -2.38. The zero-order chi connectivity index (χ0) is 14.0. The second-order valence-electron chi connectivity index (χ2n) is 5.71. The molecule has 2 aliphatic rings. The van der Waals surface area contributed by atoms with Gasteiger partial charge in [-0.1, -0.05) is 6.42 Å². The summed E-state index contributed by atoms with van der Waals surface area (Å²) in [5.41, 5.74) is 0. The van der Waals surface area contributed by atoms with Gasteiger partial charge < -0.3 is 20.2 Å². The summed E-state index contributed by atoms with van der Waals surface area (Å²) in [7, 11) is 2.05. The standard InChI is InChI=1S/C13H23N3O3/c1-9-8-16(7-6-15(9)2)13(19)14-11-5-3-4-10(11)12(17)18/h9-11H,3-8H2,1-2H3,(H,14,19)(H,17,18). The number of hydrogen-bond donors (Lipinski definition) is 2. The van der Waals surface area contributed by atoms with Gasteiger partial charge in [-0.25, -0.2) is 4.79 Å². The highest BCUT2D eigenvalue weighted by atomic mass is 16.4. The third-order valence-corrected chi connectivity index (χ3v) is 4.39. The largest absolute Gasteiger partial charge is 0.481 e. The van der Waals surface area contributed by atoms with Crippen molar-refractivity contribution in [2.75, 3.05) is 26.7 Å². The number of carboxylic acid groups (broad SMARTS) is 1. The molecule has 0 radical (unpaired) electrons. The molecule has 2 amide bonds. The van der Waals surface area contributed by atoms with Gasteiger partial charge in [-0.3, -0.25) is 4.79 Å². The van der Waals surface area contributed by atoms with Crippen LogP contribution in [0.4, 0.5) is 4.79 Å². The van der Waals surface area contributed by atoms with Gasteiger partial charge in [-0.05, 0) is 26.8 Å². The number of nitrogens with zero attached hydrogens (tertiary/aromatic N) is 2. The highest BCUT2D eigenvalue weighted by Gasteiger charge is 2.35. The molecule has 1 saturated heterocycles. The van der Waals surface area contributed by atoms with E-state index in [9.17, 15) is 9.59 Å². The summed E-state index contributed by atoms with van der Waals surface area (Å²) in [5.74, 6) is -1.22. The van der Waals surface area contributed by atoms with Gasteiger partial charge in [0.2, 0.25) is 0 Å². The van der Waals surface area contributed by atoms with Crippen molar-refractivity contribution in [2.24, 2.45) is 5.92 Å². The van der Waals surface area contributed by atoms with E-state index in [2.05, 4.69) is 24.2 Å². The van der Waals surface area contributed by atoms with Crippen LogP contribution in [-0.4, -0.2) is 65.7 Å². The number of hydrogen-bond acceptors (Lipinski definition) is 3. The predicted octanol–water partition coefficient (Wildman–Crippen LogP) is 0.585. The van der Waals surface area contributed by atoms with E-state index < -0.39 is 11.9 Å². The van der Waals surface area contributed by atoms with Crippen molar-refractivity contribution >= 4 is 12.0 Å². The molecule has 1 heterocycles. The van der Waals surface area contributed by atoms with Crippen molar-refractivity contribution in [2.45, 2.75) is 38.3 Å². The van der Waals surface area contributed by atoms with Crippen molar-refractivity contribution in [3.63, 3.8) is 0 Å². The summed E-state index contributed by atoms with van der Waals surface area (Å²) in [6.45, 7) is 4.36. The van der Waals surface area contributed by atoms with Crippen molar-refractivity contribution < 1.29 is 14.7 Å². The number of carbonyl (C=O) groups is 2. The SMILES string of the molecule is CC1CN(C(=O)NC2CCCC2C(=O)O)CCN1C. The van der Waals surface area contributed by atoms with Gasteiger partial charge in [0.1, 0.15) is 0 Å². The van der Waals surface area contributed by atoms with Crippen molar-refractivity contribution in [3.05, 3.63) is 0 Å². The van der Waals surface area contributed by atoms with E-state index in [1.165, 1.54) is 0 Å². The monoisotopic (exact) mass is 269 g/mol. The Balaban J connectivity index is 1.89. The molecule has 108 valence electrons. The summed E-state index contributed by atoms with van der Waals surface area (Å²) in [4.78, 5) is 27.3. The predicted molar refractivity (Wildman–Crippen MR) is 71.0 cm³/mol. The molecule has 0 spiro atoms.